The van der Waals surface area contributed by atoms with Crippen LogP contribution in [-0.2, 0) is 4.79 Å². The van der Waals surface area contributed by atoms with Gasteiger partial charge in [-0.25, -0.2) is 0 Å². The molecule has 138 valence electrons. The molecule has 7 heteroatoms. The van der Waals surface area contributed by atoms with Crippen LogP contribution in [0.2, 0.25) is 15.1 Å². The third-order valence-electron chi connectivity index (χ3n) is 4.33. The minimum atomic E-state index is -0.615. The van der Waals surface area contributed by atoms with Crippen molar-refractivity contribution in [3.05, 3.63) is 57.5 Å². The van der Waals surface area contributed by atoms with Crippen LogP contribution in [0.25, 0.3) is 0 Å². The number of ether oxygens (including phenoxy) is 1. The number of hydrogen-bond donors (Lipinski definition) is 0. The average molecular weight is 414 g/mol. The predicted molar refractivity (Wildman–Crippen MR) is 107 cm³/mol. The van der Waals surface area contributed by atoms with Gasteiger partial charge in [0.25, 0.3) is 5.91 Å². The summed E-state index contributed by atoms with van der Waals surface area (Å²) < 4.78 is 5.73. The number of piperazine rings is 1. The molecule has 4 nitrogen and oxygen atoms in total. The van der Waals surface area contributed by atoms with Gasteiger partial charge in [-0.3, -0.25) is 4.79 Å². The summed E-state index contributed by atoms with van der Waals surface area (Å²) in [5.41, 5.74) is 1.11. The van der Waals surface area contributed by atoms with E-state index in [0.717, 1.165) is 23.8 Å². The van der Waals surface area contributed by atoms with Crippen LogP contribution in [0.1, 0.15) is 6.92 Å². The number of hydrogen-bond acceptors (Lipinski definition) is 3. The monoisotopic (exact) mass is 412 g/mol. The van der Waals surface area contributed by atoms with Crippen LogP contribution in [0, 0.1) is 0 Å². The highest BCUT2D eigenvalue weighted by Crippen LogP contribution is 2.28. The number of carbonyl (C=O) groups excluding carboxylic acids is 1. The van der Waals surface area contributed by atoms with Gasteiger partial charge in [0, 0.05) is 41.9 Å². The van der Waals surface area contributed by atoms with Crippen molar-refractivity contribution in [2.45, 2.75) is 13.0 Å². The zero-order valence-corrected chi connectivity index (χ0v) is 16.6. The minimum Gasteiger partial charge on any atom is -0.479 e. The molecule has 1 aliphatic rings. The predicted octanol–water partition coefficient (Wildman–Crippen LogP) is 4.76. The van der Waals surface area contributed by atoms with E-state index >= 15 is 0 Å². The van der Waals surface area contributed by atoms with Crippen molar-refractivity contribution in [2.75, 3.05) is 31.1 Å². The number of anilines is 1. The normalized spacial score (nSPS) is 15.7. The summed E-state index contributed by atoms with van der Waals surface area (Å²) in [5.74, 6) is 0.406. The first kappa shape index (κ1) is 19.2. The van der Waals surface area contributed by atoms with Crippen LogP contribution in [0.4, 0.5) is 5.69 Å². The molecule has 0 bridgehead atoms. The second-order valence-electron chi connectivity index (χ2n) is 6.12. The highest BCUT2D eigenvalue weighted by atomic mass is 35.5. The third-order valence-corrected chi connectivity index (χ3v) is 5.11. The molecular weight excluding hydrogens is 395 g/mol. The fourth-order valence-corrected chi connectivity index (χ4v) is 3.48. The van der Waals surface area contributed by atoms with Crippen molar-refractivity contribution in [3.8, 4) is 5.75 Å². The summed E-state index contributed by atoms with van der Waals surface area (Å²) in [6.45, 7) is 4.55. The van der Waals surface area contributed by atoms with Crippen molar-refractivity contribution in [1.29, 1.82) is 0 Å². The highest BCUT2D eigenvalue weighted by Gasteiger charge is 2.26. The summed E-state index contributed by atoms with van der Waals surface area (Å²) in [4.78, 5) is 16.7. The standard InChI is InChI=1S/C19H19Cl3N2O2/c1-13(26-18-7-4-15(21)12-17(18)22)19(25)24-10-8-23(9-11-24)16-5-2-14(20)3-6-16/h2-7,12-13H,8-11H2,1H3/t13-/m1/s1. The van der Waals surface area contributed by atoms with Gasteiger partial charge in [-0.05, 0) is 49.4 Å². The Balaban J connectivity index is 1.56. The highest BCUT2D eigenvalue weighted by molar-refractivity contribution is 6.35. The zero-order valence-electron chi connectivity index (χ0n) is 14.3. The lowest BCUT2D eigenvalue weighted by molar-refractivity contribution is -0.138. The van der Waals surface area contributed by atoms with Crippen LogP contribution in [0.15, 0.2) is 42.5 Å². The summed E-state index contributed by atoms with van der Waals surface area (Å²) in [7, 11) is 0. The maximum atomic E-state index is 12.7. The van der Waals surface area contributed by atoms with E-state index in [1.165, 1.54) is 0 Å². The van der Waals surface area contributed by atoms with Gasteiger partial charge in [-0.1, -0.05) is 34.8 Å². The largest absolute Gasteiger partial charge is 0.479 e. The molecule has 0 spiro atoms. The van der Waals surface area contributed by atoms with Crippen LogP contribution in [-0.4, -0.2) is 43.1 Å². The summed E-state index contributed by atoms with van der Waals surface area (Å²) in [6.07, 6.45) is -0.615. The fraction of sp³-hybridized carbons (Fsp3) is 0.316. The number of halogens is 3. The molecule has 3 rings (SSSR count). The molecule has 1 saturated heterocycles. The Hall–Kier alpha value is -1.62. The molecule has 1 fully saturated rings. The van der Waals surface area contributed by atoms with Gasteiger partial charge in [0.1, 0.15) is 5.75 Å². The van der Waals surface area contributed by atoms with E-state index in [0.29, 0.717) is 28.9 Å². The van der Waals surface area contributed by atoms with E-state index in [1.54, 1.807) is 25.1 Å². The Morgan fingerprint density at radius 1 is 0.962 bits per heavy atom. The number of carbonyl (C=O) groups is 1. The van der Waals surface area contributed by atoms with Gasteiger partial charge in [-0.15, -0.1) is 0 Å². The smallest absolute Gasteiger partial charge is 0.263 e. The fourth-order valence-electron chi connectivity index (χ4n) is 2.91. The lowest BCUT2D eigenvalue weighted by Crippen LogP contribution is -2.52. The Morgan fingerprint density at radius 3 is 2.19 bits per heavy atom. The lowest BCUT2D eigenvalue weighted by Gasteiger charge is -2.37. The van der Waals surface area contributed by atoms with E-state index < -0.39 is 6.10 Å². The number of benzene rings is 2. The molecule has 1 heterocycles. The van der Waals surface area contributed by atoms with Gasteiger partial charge in [-0.2, -0.15) is 0 Å². The van der Waals surface area contributed by atoms with Gasteiger partial charge in [0.05, 0.1) is 5.02 Å². The molecule has 2 aromatic rings. The molecular formula is C19H19Cl3N2O2. The molecule has 0 unspecified atom stereocenters. The SMILES string of the molecule is C[C@@H](Oc1ccc(Cl)cc1Cl)C(=O)N1CCN(c2ccc(Cl)cc2)CC1. The second kappa shape index (κ2) is 8.38. The lowest BCUT2D eigenvalue weighted by atomic mass is 10.2. The molecule has 0 saturated carbocycles. The molecule has 0 N–H and O–H groups in total. The first-order valence-electron chi connectivity index (χ1n) is 8.35. The average Bonchev–Trinajstić information content (AvgIpc) is 2.64. The maximum absolute atomic E-state index is 12.7. The van der Waals surface area contributed by atoms with Crippen molar-refractivity contribution < 1.29 is 9.53 Å². The van der Waals surface area contributed by atoms with Gasteiger partial charge in [0.2, 0.25) is 0 Å². The Bertz CT molecular complexity index is 775. The minimum absolute atomic E-state index is 0.0493. The molecule has 1 aliphatic heterocycles. The summed E-state index contributed by atoms with van der Waals surface area (Å²) in [6, 6.07) is 12.7. The maximum Gasteiger partial charge on any atom is 0.263 e. The molecule has 0 radical (unpaired) electrons. The van der Waals surface area contributed by atoms with Crippen molar-refractivity contribution in [3.63, 3.8) is 0 Å². The third kappa shape index (κ3) is 4.56. The number of amides is 1. The quantitative estimate of drug-likeness (QED) is 0.724. The molecule has 0 aromatic heterocycles. The Kier molecular flexibility index (Phi) is 6.17. The van der Waals surface area contributed by atoms with E-state index in [9.17, 15) is 4.79 Å². The Morgan fingerprint density at radius 2 is 1.58 bits per heavy atom. The van der Waals surface area contributed by atoms with Crippen LogP contribution in [0.5, 0.6) is 5.75 Å². The molecule has 0 aliphatic carbocycles. The molecule has 1 amide bonds. The van der Waals surface area contributed by atoms with Gasteiger partial charge >= 0.3 is 0 Å². The molecule has 1 atom stereocenters. The van der Waals surface area contributed by atoms with E-state index in [4.69, 9.17) is 39.5 Å². The summed E-state index contributed by atoms with van der Waals surface area (Å²) >= 11 is 17.9. The topological polar surface area (TPSA) is 32.8 Å². The van der Waals surface area contributed by atoms with Gasteiger partial charge in [0.15, 0.2) is 6.10 Å². The van der Waals surface area contributed by atoms with E-state index in [2.05, 4.69) is 4.90 Å². The molecule has 2 aromatic carbocycles. The van der Waals surface area contributed by atoms with Crippen LogP contribution < -0.4 is 9.64 Å². The first-order valence-corrected chi connectivity index (χ1v) is 9.48. The van der Waals surface area contributed by atoms with Crippen LogP contribution >= 0.6 is 34.8 Å². The van der Waals surface area contributed by atoms with E-state index in [1.807, 2.05) is 29.2 Å². The molecule has 26 heavy (non-hydrogen) atoms. The number of nitrogens with zero attached hydrogens (tertiary/aromatic N) is 2. The number of rotatable bonds is 4. The van der Waals surface area contributed by atoms with Crippen LogP contribution in [0.3, 0.4) is 0 Å². The van der Waals surface area contributed by atoms with Crippen molar-refractivity contribution >= 4 is 46.4 Å². The Labute approximate surface area is 168 Å². The zero-order chi connectivity index (χ0) is 18.7. The summed E-state index contributed by atoms with van der Waals surface area (Å²) in [5, 5.41) is 1.64. The van der Waals surface area contributed by atoms with Crippen molar-refractivity contribution in [2.24, 2.45) is 0 Å². The van der Waals surface area contributed by atoms with Gasteiger partial charge < -0.3 is 14.5 Å². The van der Waals surface area contributed by atoms with Crippen molar-refractivity contribution in [1.82, 2.24) is 4.90 Å². The second-order valence-corrected chi connectivity index (χ2v) is 7.40. The first-order chi connectivity index (χ1) is 12.4. The van der Waals surface area contributed by atoms with E-state index in [-0.39, 0.29) is 5.91 Å².